The fourth-order valence-corrected chi connectivity index (χ4v) is 5.23. The highest BCUT2D eigenvalue weighted by Crippen LogP contribution is 2.34. The summed E-state index contributed by atoms with van der Waals surface area (Å²) in [6, 6.07) is 16.5. The lowest BCUT2D eigenvalue weighted by Crippen LogP contribution is -2.37. The summed E-state index contributed by atoms with van der Waals surface area (Å²) in [7, 11) is -9.90. The van der Waals surface area contributed by atoms with Crippen LogP contribution in [0.5, 0.6) is 0 Å². The molecule has 0 fully saturated rings. The number of hydrogen-bond acceptors (Lipinski definition) is 8. The fourth-order valence-electron chi connectivity index (χ4n) is 3.81. The van der Waals surface area contributed by atoms with Crippen molar-refractivity contribution in [1.82, 2.24) is 0 Å². The highest BCUT2D eigenvalue weighted by Gasteiger charge is 2.30. The smallest absolute Gasteiger partial charge is 0.295 e. The summed E-state index contributed by atoms with van der Waals surface area (Å²) in [6.45, 7) is 0. The number of fused-ring (bicyclic) bond motifs is 1. The summed E-state index contributed by atoms with van der Waals surface area (Å²) in [6.07, 6.45) is 0. The number of nitrogens with zero attached hydrogens (tertiary/aromatic N) is 1. The van der Waals surface area contributed by atoms with Crippen LogP contribution in [0, 0.1) is 0 Å². The zero-order chi connectivity index (χ0) is 27.1. The Morgan fingerprint density at radius 3 is 1.57 bits per heavy atom. The van der Waals surface area contributed by atoms with E-state index in [4.69, 9.17) is 11.5 Å². The minimum absolute atomic E-state index is 0.0474. The van der Waals surface area contributed by atoms with E-state index in [2.05, 4.69) is 0 Å². The SMILES string of the molecule is Nc1cccc(C(=O)N(C(=O)c2cccc(N)c2)c2cc(S(=O)(=O)O)c3cccc(S(=O)(=O)O)c3c2)c1. The molecule has 11 nitrogen and oxygen atoms in total. The predicted molar refractivity (Wildman–Crippen MR) is 136 cm³/mol. The zero-order valence-corrected chi connectivity index (χ0v) is 20.4. The Hall–Kier alpha value is -4.30. The van der Waals surface area contributed by atoms with Crippen LogP contribution in [-0.4, -0.2) is 37.8 Å². The molecular formula is C24H19N3O8S2. The van der Waals surface area contributed by atoms with Crippen molar-refractivity contribution in [3.63, 3.8) is 0 Å². The first kappa shape index (κ1) is 25.8. The largest absolute Gasteiger partial charge is 0.399 e. The van der Waals surface area contributed by atoms with Crippen LogP contribution in [0.15, 0.2) is 88.7 Å². The van der Waals surface area contributed by atoms with Gasteiger partial charge in [-0.3, -0.25) is 18.7 Å². The van der Waals surface area contributed by atoms with Crippen molar-refractivity contribution in [2.24, 2.45) is 0 Å². The summed E-state index contributed by atoms with van der Waals surface area (Å²) in [4.78, 5) is 26.3. The molecule has 13 heteroatoms. The van der Waals surface area contributed by atoms with Crippen molar-refractivity contribution in [2.45, 2.75) is 9.79 Å². The van der Waals surface area contributed by atoms with Gasteiger partial charge in [0, 0.05) is 33.3 Å². The quantitative estimate of drug-likeness (QED) is 0.165. The minimum Gasteiger partial charge on any atom is -0.399 e. The molecule has 0 bridgehead atoms. The highest BCUT2D eigenvalue weighted by atomic mass is 32.2. The standard InChI is InChI=1S/C24H19N3O8S2/c25-16-6-1-4-14(10-16)23(28)27(24(29)15-5-2-7-17(26)11-15)18-12-20-19(22(13-18)37(33,34)35)8-3-9-21(20)36(30,31)32/h1-13H,25-26H2,(H,30,31,32)(H,33,34,35). The maximum atomic E-state index is 13.6. The molecule has 0 saturated carbocycles. The van der Waals surface area contributed by atoms with E-state index in [0.29, 0.717) is 4.90 Å². The molecule has 0 aliphatic rings. The van der Waals surface area contributed by atoms with Crippen LogP contribution in [0.4, 0.5) is 17.1 Å². The normalized spacial score (nSPS) is 11.8. The van der Waals surface area contributed by atoms with Crippen molar-refractivity contribution in [3.8, 4) is 0 Å². The molecule has 0 atom stereocenters. The van der Waals surface area contributed by atoms with Crippen molar-refractivity contribution in [3.05, 3.63) is 90.0 Å². The first-order valence-corrected chi connectivity index (χ1v) is 13.3. The third-order valence-corrected chi connectivity index (χ3v) is 7.20. The van der Waals surface area contributed by atoms with Crippen LogP contribution < -0.4 is 16.4 Å². The molecule has 0 unspecified atom stereocenters. The molecule has 2 amide bonds. The van der Waals surface area contributed by atoms with Crippen LogP contribution in [0.25, 0.3) is 10.8 Å². The Kier molecular flexibility index (Phi) is 6.48. The van der Waals surface area contributed by atoms with Crippen molar-refractivity contribution in [1.29, 1.82) is 0 Å². The van der Waals surface area contributed by atoms with Gasteiger partial charge in [-0.15, -0.1) is 0 Å². The Balaban J connectivity index is 2.08. The fraction of sp³-hybridized carbons (Fsp3) is 0. The second-order valence-corrected chi connectivity index (χ2v) is 10.7. The van der Waals surface area contributed by atoms with Gasteiger partial charge in [-0.25, -0.2) is 4.90 Å². The van der Waals surface area contributed by atoms with Crippen LogP contribution in [0.3, 0.4) is 0 Å². The Labute approximate surface area is 211 Å². The number of hydrogen-bond donors (Lipinski definition) is 4. The Morgan fingerprint density at radius 2 is 1.11 bits per heavy atom. The van der Waals surface area contributed by atoms with Gasteiger partial charge in [0.05, 0.1) is 5.69 Å². The summed E-state index contributed by atoms with van der Waals surface area (Å²) < 4.78 is 68.3. The van der Waals surface area contributed by atoms with Crippen molar-refractivity contribution < 1.29 is 35.5 Å². The number of nitrogen functional groups attached to an aromatic ring is 2. The van der Waals surface area contributed by atoms with Gasteiger partial charge in [0.15, 0.2) is 0 Å². The highest BCUT2D eigenvalue weighted by molar-refractivity contribution is 7.86. The van der Waals surface area contributed by atoms with Gasteiger partial charge in [0.2, 0.25) is 0 Å². The van der Waals surface area contributed by atoms with E-state index in [9.17, 15) is 35.5 Å². The molecule has 0 radical (unpaired) electrons. The Morgan fingerprint density at radius 1 is 0.622 bits per heavy atom. The molecule has 6 N–H and O–H groups in total. The van der Waals surface area contributed by atoms with Crippen molar-refractivity contribution in [2.75, 3.05) is 16.4 Å². The lowest BCUT2D eigenvalue weighted by atomic mass is 10.1. The molecule has 4 rings (SSSR count). The van der Waals surface area contributed by atoms with E-state index in [0.717, 1.165) is 24.3 Å². The van der Waals surface area contributed by atoms with Gasteiger partial charge in [-0.05, 0) is 54.6 Å². The van der Waals surface area contributed by atoms with Gasteiger partial charge < -0.3 is 11.5 Å². The lowest BCUT2D eigenvalue weighted by Gasteiger charge is -2.23. The molecule has 0 saturated heterocycles. The van der Waals surface area contributed by atoms with Crippen LogP contribution >= 0.6 is 0 Å². The first-order valence-electron chi connectivity index (χ1n) is 10.4. The third kappa shape index (κ3) is 5.15. The molecule has 190 valence electrons. The maximum Gasteiger partial charge on any atom is 0.295 e. The van der Waals surface area contributed by atoms with Gasteiger partial charge >= 0.3 is 0 Å². The molecular weight excluding hydrogens is 522 g/mol. The molecule has 4 aromatic rings. The van der Waals surface area contributed by atoms with E-state index in [1.807, 2.05) is 0 Å². The first-order chi connectivity index (χ1) is 17.3. The average Bonchev–Trinajstić information content (AvgIpc) is 2.82. The molecule has 0 aliphatic carbocycles. The van der Waals surface area contributed by atoms with Gasteiger partial charge in [0.25, 0.3) is 32.1 Å². The van der Waals surface area contributed by atoms with Gasteiger partial charge in [-0.2, -0.15) is 16.8 Å². The molecule has 0 spiro atoms. The topological polar surface area (TPSA) is 198 Å². The summed E-state index contributed by atoms with van der Waals surface area (Å²) in [5.41, 5.74) is 11.5. The number of benzene rings is 4. The average molecular weight is 542 g/mol. The van der Waals surface area contributed by atoms with E-state index >= 15 is 0 Å². The molecule has 4 aromatic carbocycles. The van der Waals surface area contributed by atoms with Crippen LogP contribution in [-0.2, 0) is 20.2 Å². The molecule has 37 heavy (non-hydrogen) atoms. The number of rotatable bonds is 5. The Bertz CT molecular complexity index is 1740. The molecule has 0 aliphatic heterocycles. The maximum absolute atomic E-state index is 13.6. The van der Waals surface area contributed by atoms with Crippen LogP contribution in [0.1, 0.15) is 20.7 Å². The third-order valence-electron chi connectivity index (χ3n) is 5.39. The van der Waals surface area contributed by atoms with E-state index in [1.54, 1.807) is 0 Å². The number of carbonyl (C=O) groups is 2. The number of amides is 2. The zero-order valence-electron chi connectivity index (χ0n) is 18.8. The van der Waals surface area contributed by atoms with Gasteiger partial charge in [0.1, 0.15) is 9.79 Å². The van der Waals surface area contributed by atoms with Crippen LogP contribution in [0.2, 0.25) is 0 Å². The number of carbonyl (C=O) groups excluding carboxylic acids is 2. The number of nitrogens with two attached hydrogens (primary N) is 2. The van der Waals surface area contributed by atoms with E-state index in [-0.39, 0.29) is 33.3 Å². The number of anilines is 3. The summed E-state index contributed by atoms with van der Waals surface area (Å²) in [5.74, 6) is -1.88. The molecule has 0 heterocycles. The lowest BCUT2D eigenvalue weighted by molar-refractivity contribution is 0.0897. The minimum atomic E-state index is -5.01. The molecule has 0 aromatic heterocycles. The second kappa shape index (κ2) is 9.29. The predicted octanol–water partition coefficient (Wildman–Crippen LogP) is 2.98. The van der Waals surface area contributed by atoms with E-state index < -0.39 is 47.5 Å². The summed E-state index contributed by atoms with van der Waals surface area (Å²) in [5, 5.41) is -0.630. The van der Waals surface area contributed by atoms with E-state index in [1.165, 1.54) is 54.6 Å². The monoisotopic (exact) mass is 541 g/mol. The van der Waals surface area contributed by atoms with Gasteiger partial charge in [-0.1, -0.05) is 24.3 Å². The number of imide groups is 1. The second-order valence-electron chi connectivity index (χ2n) is 7.94. The summed E-state index contributed by atoms with van der Waals surface area (Å²) >= 11 is 0. The van der Waals surface area contributed by atoms with Crippen molar-refractivity contribution >= 4 is 59.9 Å².